The van der Waals surface area contributed by atoms with Crippen molar-refractivity contribution in [3.8, 4) is 0 Å². The van der Waals surface area contributed by atoms with Crippen molar-refractivity contribution < 1.29 is 0 Å². The Labute approximate surface area is 83.0 Å². The zero-order valence-electron chi connectivity index (χ0n) is 8.63. The van der Waals surface area contributed by atoms with Crippen LogP contribution in [0.4, 0.5) is 0 Å². The molecule has 1 N–H and O–H groups in total. The van der Waals surface area contributed by atoms with E-state index < -0.39 is 0 Å². The van der Waals surface area contributed by atoms with Gasteiger partial charge in [-0.2, -0.15) is 0 Å². The lowest BCUT2D eigenvalue weighted by molar-refractivity contribution is 0.389. The summed E-state index contributed by atoms with van der Waals surface area (Å²) in [7, 11) is 3.93. The Hall–Kier alpha value is -1.16. The molecule has 1 aromatic heterocycles. The van der Waals surface area contributed by atoms with Gasteiger partial charge in [-0.05, 0) is 33.4 Å². The van der Waals surface area contributed by atoms with E-state index >= 15 is 0 Å². The molecule has 76 valence electrons. The van der Waals surface area contributed by atoms with E-state index in [1.807, 2.05) is 19.0 Å². The molecular formula is C10H15N3O. The van der Waals surface area contributed by atoms with E-state index in [-0.39, 0.29) is 5.56 Å². The normalized spacial score (nSPS) is 14.8. The van der Waals surface area contributed by atoms with Crippen molar-refractivity contribution in [1.82, 2.24) is 14.9 Å². The van der Waals surface area contributed by atoms with Gasteiger partial charge in [0, 0.05) is 5.56 Å². The zero-order valence-corrected chi connectivity index (χ0v) is 8.63. The number of aryl methyl sites for hydroxylation is 1. The Kier molecular flexibility index (Phi) is 2.37. The second-order valence-electron chi connectivity index (χ2n) is 4.03. The molecule has 0 amide bonds. The number of H-pyrrole nitrogens is 1. The lowest BCUT2D eigenvalue weighted by Gasteiger charge is -2.09. The minimum atomic E-state index is 0.0596. The molecule has 14 heavy (non-hydrogen) atoms. The first kappa shape index (κ1) is 9.40. The Morgan fingerprint density at radius 3 is 2.93 bits per heavy atom. The summed E-state index contributed by atoms with van der Waals surface area (Å²) in [5.74, 6) is 0.778. The SMILES string of the molecule is CN(C)Cc1nc2c(c(=O)[nH]1)CCC2. The van der Waals surface area contributed by atoms with E-state index in [0.717, 1.165) is 36.3 Å². The van der Waals surface area contributed by atoms with Gasteiger partial charge in [-0.15, -0.1) is 0 Å². The van der Waals surface area contributed by atoms with Crippen LogP contribution in [0.15, 0.2) is 4.79 Å². The summed E-state index contributed by atoms with van der Waals surface area (Å²) in [5, 5.41) is 0. The molecule has 0 radical (unpaired) electrons. The molecule has 0 bridgehead atoms. The third-order valence-corrected chi connectivity index (χ3v) is 2.46. The van der Waals surface area contributed by atoms with Crippen LogP contribution in [0.25, 0.3) is 0 Å². The Morgan fingerprint density at radius 2 is 2.21 bits per heavy atom. The fraction of sp³-hybridized carbons (Fsp3) is 0.600. The average Bonchev–Trinajstić information content (AvgIpc) is 2.50. The maximum atomic E-state index is 11.6. The predicted octanol–water partition coefficient (Wildman–Crippen LogP) is 0.320. The van der Waals surface area contributed by atoms with E-state index in [9.17, 15) is 4.79 Å². The number of hydrogen-bond donors (Lipinski definition) is 1. The highest BCUT2D eigenvalue weighted by Crippen LogP contribution is 2.15. The molecule has 0 fully saturated rings. The fourth-order valence-corrected chi connectivity index (χ4v) is 1.87. The molecule has 0 aliphatic heterocycles. The lowest BCUT2D eigenvalue weighted by atomic mass is 10.2. The topological polar surface area (TPSA) is 49.0 Å². The summed E-state index contributed by atoms with van der Waals surface area (Å²) >= 11 is 0. The van der Waals surface area contributed by atoms with Gasteiger partial charge in [-0.1, -0.05) is 0 Å². The second kappa shape index (κ2) is 3.53. The van der Waals surface area contributed by atoms with Gasteiger partial charge in [-0.25, -0.2) is 4.98 Å². The molecule has 1 aliphatic rings. The lowest BCUT2D eigenvalue weighted by Crippen LogP contribution is -2.21. The minimum Gasteiger partial charge on any atom is -0.309 e. The van der Waals surface area contributed by atoms with Gasteiger partial charge in [0.05, 0.1) is 12.2 Å². The van der Waals surface area contributed by atoms with Crippen LogP contribution in [0.3, 0.4) is 0 Å². The number of nitrogens with zero attached hydrogens (tertiary/aromatic N) is 2. The van der Waals surface area contributed by atoms with Crippen LogP contribution in [0.5, 0.6) is 0 Å². The molecule has 1 aromatic rings. The number of hydrogen-bond acceptors (Lipinski definition) is 3. The standard InChI is InChI=1S/C10H15N3O/c1-13(2)6-9-11-8-5-3-4-7(8)10(14)12-9/h3-6H2,1-2H3,(H,11,12,14). The molecule has 0 saturated carbocycles. The number of nitrogens with one attached hydrogen (secondary N) is 1. The predicted molar refractivity (Wildman–Crippen MR) is 54.3 cm³/mol. The average molecular weight is 193 g/mol. The molecule has 2 rings (SSSR count). The van der Waals surface area contributed by atoms with Crippen molar-refractivity contribution >= 4 is 0 Å². The fourth-order valence-electron chi connectivity index (χ4n) is 1.87. The van der Waals surface area contributed by atoms with Crippen molar-refractivity contribution in [2.45, 2.75) is 25.8 Å². The Balaban J connectivity index is 2.37. The van der Waals surface area contributed by atoms with Crippen LogP contribution in [-0.4, -0.2) is 29.0 Å². The number of aromatic amines is 1. The first-order valence-electron chi connectivity index (χ1n) is 4.92. The van der Waals surface area contributed by atoms with Gasteiger partial charge in [0.2, 0.25) is 0 Å². The van der Waals surface area contributed by atoms with E-state index in [4.69, 9.17) is 0 Å². The third kappa shape index (κ3) is 1.70. The van der Waals surface area contributed by atoms with Gasteiger partial charge in [0.15, 0.2) is 0 Å². The number of aromatic nitrogens is 2. The third-order valence-electron chi connectivity index (χ3n) is 2.46. The summed E-state index contributed by atoms with van der Waals surface area (Å²) in [4.78, 5) is 20.9. The zero-order chi connectivity index (χ0) is 10.1. The van der Waals surface area contributed by atoms with Gasteiger partial charge >= 0.3 is 0 Å². The van der Waals surface area contributed by atoms with Crippen molar-refractivity contribution in [1.29, 1.82) is 0 Å². The molecule has 1 heterocycles. The van der Waals surface area contributed by atoms with Crippen LogP contribution in [0, 0.1) is 0 Å². The van der Waals surface area contributed by atoms with E-state index in [2.05, 4.69) is 9.97 Å². The summed E-state index contributed by atoms with van der Waals surface area (Å²) < 4.78 is 0. The Bertz CT molecular complexity index is 395. The summed E-state index contributed by atoms with van der Waals surface area (Å²) in [6.07, 6.45) is 2.91. The smallest absolute Gasteiger partial charge is 0.254 e. The highest BCUT2D eigenvalue weighted by atomic mass is 16.1. The van der Waals surface area contributed by atoms with Gasteiger partial charge in [0.25, 0.3) is 5.56 Å². The minimum absolute atomic E-state index is 0.0596. The molecular weight excluding hydrogens is 178 g/mol. The van der Waals surface area contributed by atoms with Gasteiger partial charge in [-0.3, -0.25) is 4.79 Å². The van der Waals surface area contributed by atoms with Crippen molar-refractivity contribution in [2.24, 2.45) is 0 Å². The first-order chi connectivity index (χ1) is 6.66. The molecule has 1 aliphatic carbocycles. The molecule has 0 atom stereocenters. The molecule has 0 spiro atoms. The van der Waals surface area contributed by atoms with Crippen LogP contribution >= 0.6 is 0 Å². The van der Waals surface area contributed by atoms with Crippen molar-refractivity contribution in [2.75, 3.05) is 14.1 Å². The Morgan fingerprint density at radius 1 is 1.43 bits per heavy atom. The monoisotopic (exact) mass is 193 g/mol. The number of fused-ring (bicyclic) bond motifs is 1. The largest absolute Gasteiger partial charge is 0.309 e. The molecule has 0 unspecified atom stereocenters. The van der Waals surface area contributed by atoms with E-state index in [1.165, 1.54) is 0 Å². The van der Waals surface area contributed by atoms with E-state index in [0.29, 0.717) is 6.54 Å². The van der Waals surface area contributed by atoms with Crippen LogP contribution in [-0.2, 0) is 19.4 Å². The van der Waals surface area contributed by atoms with Crippen LogP contribution < -0.4 is 5.56 Å². The van der Waals surface area contributed by atoms with Crippen molar-refractivity contribution in [3.63, 3.8) is 0 Å². The molecule has 0 saturated heterocycles. The van der Waals surface area contributed by atoms with Crippen LogP contribution in [0.2, 0.25) is 0 Å². The van der Waals surface area contributed by atoms with Gasteiger partial charge < -0.3 is 9.88 Å². The molecule has 0 aromatic carbocycles. The van der Waals surface area contributed by atoms with Gasteiger partial charge in [0.1, 0.15) is 5.82 Å². The summed E-state index contributed by atoms with van der Waals surface area (Å²) in [5.41, 5.74) is 1.96. The van der Waals surface area contributed by atoms with Crippen molar-refractivity contribution in [3.05, 3.63) is 27.4 Å². The summed E-state index contributed by atoms with van der Waals surface area (Å²) in [6.45, 7) is 0.697. The maximum absolute atomic E-state index is 11.6. The maximum Gasteiger partial charge on any atom is 0.254 e. The summed E-state index contributed by atoms with van der Waals surface area (Å²) in [6, 6.07) is 0. The van der Waals surface area contributed by atoms with E-state index in [1.54, 1.807) is 0 Å². The number of rotatable bonds is 2. The van der Waals surface area contributed by atoms with Crippen LogP contribution in [0.1, 0.15) is 23.5 Å². The molecule has 4 heteroatoms. The highest BCUT2D eigenvalue weighted by Gasteiger charge is 2.16. The quantitative estimate of drug-likeness (QED) is 0.736. The highest BCUT2D eigenvalue weighted by molar-refractivity contribution is 5.22. The molecule has 4 nitrogen and oxygen atoms in total. The first-order valence-corrected chi connectivity index (χ1v) is 4.92. The second-order valence-corrected chi connectivity index (χ2v) is 4.03.